The summed E-state index contributed by atoms with van der Waals surface area (Å²) in [6.07, 6.45) is 2.10. The van der Waals surface area contributed by atoms with E-state index < -0.39 is 17.5 Å². The van der Waals surface area contributed by atoms with Gasteiger partial charge in [0.05, 0.1) is 26.5 Å². The largest absolute Gasteiger partial charge is 0.496 e. The fraction of sp³-hybridized carbons (Fsp3) is 0.476. The van der Waals surface area contributed by atoms with Crippen LogP contribution in [0.2, 0.25) is 5.02 Å². The summed E-state index contributed by atoms with van der Waals surface area (Å²) in [5, 5.41) is 4.10. The first kappa shape index (κ1) is 22.0. The molecule has 1 heterocycles. The normalized spacial score (nSPS) is 23.7. The minimum absolute atomic E-state index is 0.179. The fourth-order valence-corrected chi connectivity index (χ4v) is 3.91. The summed E-state index contributed by atoms with van der Waals surface area (Å²) in [4.78, 5) is 30.0. The molecule has 2 unspecified atom stereocenters. The Bertz CT molecular complexity index is 940. The number of carbonyl (C=O) groups excluding carboxylic acids is 2. The quantitative estimate of drug-likeness (QED) is 0.491. The molecule has 3 rings (SSSR count). The molecule has 1 spiro atoms. The maximum absolute atomic E-state index is 13.7. The van der Waals surface area contributed by atoms with E-state index in [0.29, 0.717) is 30.2 Å². The van der Waals surface area contributed by atoms with Crippen molar-refractivity contribution in [2.24, 2.45) is 11.1 Å². The molecule has 0 radical (unpaired) electrons. The number of ether oxygens (including phenoxy) is 4. The predicted octanol–water partition coefficient (Wildman–Crippen LogP) is 3.94. The van der Waals surface area contributed by atoms with Crippen molar-refractivity contribution in [1.29, 1.82) is 0 Å². The SMILES string of the molecule is CCOC1=C/C(=N/OC(=O)CC)CC(C)C12Oc1c(Cl)c(OC)cc(OC)c1C2=O. The fourth-order valence-electron chi connectivity index (χ4n) is 3.65. The summed E-state index contributed by atoms with van der Waals surface area (Å²) in [6, 6.07) is 1.55. The molecule has 8 nitrogen and oxygen atoms in total. The Hall–Kier alpha value is -2.74. The lowest BCUT2D eigenvalue weighted by Gasteiger charge is -2.37. The molecule has 0 bridgehead atoms. The molecular weight excluding hydrogens is 414 g/mol. The van der Waals surface area contributed by atoms with Gasteiger partial charge in [-0.2, -0.15) is 0 Å². The highest BCUT2D eigenvalue weighted by molar-refractivity contribution is 6.35. The first-order valence-electron chi connectivity index (χ1n) is 9.63. The summed E-state index contributed by atoms with van der Waals surface area (Å²) >= 11 is 6.45. The number of hydrogen-bond donors (Lipinski definition) is 0. The molecule has 1 aromatic carbocycles. The van der Waals surface area contributed by atoms with Gasteiger partial charge in [-0.15, -0.1) is 0 Å². The van der Waals surface area contributed by atoms with Crippen LogP contribution >= 0.6 is 11.6 Å². The number of rotatable bonds is 6. The van der Waals surface area contributed by atoms with E-state index in [1.165, 1.54) is 14.2 Å². The highest BCUT2D eigenvalue weighted by atomic mass is 35.5. The van der Waals surface area contributed by atoms with Crippen LogP contribution in [-0.2, 0) is 14.4 Å². The predicted molar refractivity (Wildman–Crippen MR) is 110 cm³/mol. The topological polar surface area (TPSA) is 92.7 Å². The molecular formula is C21H24ClNO7. The summed E-state index contributed by atoms with van der Waals surface area (Å²) in [5.41, 5.74) is -0.727. The molecule has 0 aromatic heterocycles. The van der Waals surface area contributed by atoms with Gasteiger partial charge in [-0.3, -0.25) is 4.79 Å². The Morgan fingerprint density at radius 1 is 1.30 bits per heavy atom. The summed E-state index contributed by atoms with van der Waals surface area (Å²) < 4.78 is 22.7. The number of carbonyl (C=O) groups is 2. The summed E-state index contributed by atoms with van der Waals surface area (Å²) in [5.74, 6) is -0.0817. The molecule has 0 saturated carbocycles. The van der Waals surface area contributed by atoms with Crippen LogP contribution in [0.15, 0.2) is 23.1 Å². The van der Waals surface area contributed by atoms with Crippen LogP contribution in [0.5, 0.6) is 17.2 Å². The van der Waals surface area contributed by atoms with E-state index in [1.807, 2.05) is 6.92 Å². The number of fused-ring (bicyclic) bond motifs is 1. The highest BCUT2D eigenvalue weighted by Gasteiger charge is 2.59. The van der Waals surface area contributed by atoms with Gasteiger partial charge in [0, 0.05) is 30.9 Å². The van der Waals surface area contributed by atoms with E-state index in [2.05, 4.69) is 5.16 Å². The van der Waals surface area contributed by atoms with Crippen molar-refractivity contribution in [3.63, 3.8) is 0 Å². The molecule has 2 aliphatic rings. The Morgan fingerprint density at radius 3 is 2.60 bits per heavy atom. The number of methoxy groups -OCH3 is 2. The van der Waals surface area contributed by atoms with E-state index in [1.54, 1.807) is 26.0 Å². The van der Waals surface area contributed by atoms with Gasteiger partial charge in [0.25, 0.3) is 0 Å². The minimum atomic E-state index is -1.44. The van der Waals surface area contributed by atoms with Crippen molar-refractivity contribution < 1.29 is 33.4 Å². The van der Waals surface area contributed by atoms with Crippen molar-refractivity contribution >= 4 is 29.1 Å². The average molecular weight is 438 g/mol. The van der Waals surface area contributed by atoms with Gasteiger partial charge in [-0.05, 0) is 6.92 Å². The standard InChI is InChI=1S/C21H24ClNO7/c1-6-16(24)30-23-12-8-11(3)21(15(9-12)28-7-2)20(25)17-13(26-4)10-14(27-5)18(22)19(17)29-21/h9-11H,6-8H2,1-5H3/b23-12+. The number of oxime groups is 1. The highest BCUT2D eigenvalue weighted by Crippen LogP contribution is 2.54. The second-order valence-electron chi connectivity index (χ2n) is 6.91. The van der Waals surface area contributed by atoms with Gasteiger partial charge >= 0.3 is 5.97 Å². The molecule has 1 aromatic rings. The Kier molecular flexibility index (Phi) is 6.26. The van der Waals surface area contributed by atoms with E-state index in [0.717, 1.165) is 0 Å². The Labute approximate surface area is 179 Å². The second-order valence-corrected chi connectivity index (χ2v) is 7.29. The second kappa shape index (κ2) is 8.55. The first-order valence-corrected chi connectivity index (χ1v) is 10.0. The molecule has 30 heavy (non-hydrogen) atoms. The van der Waals surface area contributed by atoms with Gasteiger partial charge in [-0.1, -0.05) is 30.6 Å². The van der Waals surface area contributed by atoms with Crippen LogP contribution in [0.25, 0.3) is 0 Å². The van der Waals surface area contributed by atoms with E-state index >= 15 is 0 Å². The molecule has 0 N–H and O–H groups in total. The Balaban J connectivity index is 2.13. The zero-order valence-electron chi connectivity index (χ0n) is 17.5. The number of halogens is 1. The van der Waals surface area contributed by atoms with Crippen molar-refractivity contribution in [3.8, 4) is 17.2 Å². The van der Waals surface area contributed by atoms with Crippen molar-refractivity contribution in [1.82, 2.24) is 0 Å². The number of Topliss-reactive ketones (excluding diaryl/α,β-unsaturated/α-hetero) is 1. The number of ketones is 1. The Morgan fingerprint density at radius 2 is 2.00 bits per heavy atom. The van der Waals surface area contributed by atoms with Gasteiger partial charge < -0.3 is 23.8 Å². The molecule has 2 atom stereocenters. The van der Waals surface area contributed by atoms with Gasteiger partial charge in [0.2, 0.25) is 11.4 Å². The third kappa shape index (κ3) is 3.39. The monoisotopic (exact) mass is 437 g/mol. The van der Waals surface area contributed by atoms with Crippen LogP contribution in [0.1, 0.15) is 44.0 Å². The molecule has 0 fully saturated rings. The minimum Gasteiger partial charge on any atom is -0.496 e. The average Bonchev–Trinajstić information content (AvgIpc) is 3.05. The number of hydrogen-bond acceptors (Lipinski definition) is 8. The number of allylic oxidation sites excluding steroid dienone is 1. The molecule has 1 aliphatic carbocycles. The third-order valence-electron chi connectivity index (χ3n) is 5.14. The molecule has 0 saturated heterocycles. The zero-order chi connectivity index (χ0) is 22.1. The molecule has 0 amide bonds. The maximum atomic E-state index is 13.7. The zero-order valence-corrected chi connectivity index (χ0v) is 18.3. The van der Waals surface area contributed by atoms with Crippen molar-refractivity contribution in [2.45, 2.75) is 39.2 Å². The van der Waals surface area contributed by atoms with Crippen molar-refractivity contribution in [2.75, 3.05) is 20.8 Å². The smallest absolute Gasteiger partial charge is 0.334 e. The molecule has 1 aliphatic heterocycles. The van der Waals surface area contributed by atoms with Gasteiger partial charge in [0.15, 0.2) is 5.75 Å². The summed E-state index contributed by atoms with van der Waals surface area (Å²) in [6.45, 7) is 5.61. The van der Waals surface area contributed by atoms with E-state index in [-0.39, 0.29) is 34.3 Å². The van der Waals surface area contributed by atoms with Crippen LogP contribution in [-0.4, -0.2) is 43.9 Å². The van der Waals surface area contributed by atoms with Crippen molar-refractivity contribution in [3.05, 3.63) is 28.5 Å². The lowest BCUT2D eigenvalue weighted by Crippen LogP contribution is -2.51. The maximum Gasteiger partial charge on any atom is 0.334 e. The first-order chi connectivity index (χ1) is 14.3. The van der Waals surface area contributed by atoms with Gasteiger partial charge in [-0.25, -0.2) is 4.79 Å². The van der Waals surface area contributed by atoms with Crippen LogP contribution in [0.3, 0.4) is 0 Å². The van der Waals surface area contributed by atoms with Crippen LogP contribution < -0.4 is 14.2 Å². The van der Waals surface area contributed by atoms with E-state index in [9.17, 15) is 9.59 Å². The number of benzene rings is 1. The van der Waals surface area contributed by atoms with Crippen LogP contribution in [0.4, 0.5) is 0 Å². The lowest BCUT2D eigenvalue weighted by molar-refractivity contribution is -0.143. The molecule has 9 heteroatoms. The summed E-state index contributed by atoms with van der Waals surface area (Å²) in [7, 11) is 2.92. The molecule has 162 valence electrons. The van der Waals surface area contributed by atoms with Crippen LogP contribution in [0, 0.1) is 5.92 Å². The van der Waals surface area contributed by atoms with Gasteiger partial charge in [0.1, 0.15) is 27.8 Å². The lowest BCUT2D eigenvalue weighted by atomic mass is 9.75. The van der Waals surface area contributed by atoms with E-state index in [4.69, 9.17) is 35.4 Å². The number of nitrogens with zero attached hydrogens (tertiary/aromatic N) is 1. The third-order valence-corrected chi connectivity index (χ3v) is 5.50.